The van der Waals surface area contributed by atoms with Crippen LogP contribution in [0, 0.1) is 6.92 Å². The van der Waals surface area contributed by atoms with E-state index in [-0.39, 0.29) is 0 Å². The molecule has 0 aromatic heterocycles. The van der Waals surface area contributed by atoms with Crippen LogP contribution < -0.4 is 10.1 Å². The van der Waals surface area contributed by atoms with Crippen molar-refractivity contribution in [3.63, 3.8) is 0 Å². The van der Waals surface area contributed by atoms with Gasteiger partial charge in [0.25, 0.3) is 0 Å². The molecule has 0 unspecified atom stereocenters. The molecule has 0 radical (unpaired) electrons. The molecule has 0 heterocycles. The first-order valence-corrected chi connectivity index (χ1v) is 8.18. The summed E-state index contributed by atoms with van der Waals surface area (Å²) < 4.78 is 6.68. The van der Waals surface area contributed by atoms with E-state index >= 15 is 0 Å². The summed E-state index contributed by atoms with van der Waals surface area (Å²) in [5.41, 5.74) is 2.21. The van der Waals surface area contributed by atoms with Crippen molar-refractivity contribution in [3.8, 4) is 11.5 Å². The van der Waals surface area contributed by atoms with Crippen LogP contribution in [-0.2, 0) is 6.54 Å². The summed E-state index contributed by atoms with van der Waals surface area (Å²) in [7, 11) is 0. The Bertz CT molecular complexity index is 646. The number of aryl methyl sites for hydroxylation is 1. The fourth-order valence-corrected chi connectivity index (χ4v) is 2.67. The number of halogens is 3. The monoisotopic (exact) mass is 387 g/mol. The average molecular weight is 389 g/mol. The van der Waals surface area contributed by atoms with E-state index < -0.39 is 0 Å². The fourth-order valence-electron chi connectivity index (χ4n) is 1.83. The molecule has 0 aliphatic heterocycles. The SMILES string of the molecule is CCNCc1ccc(C)c(Oc2cc(Cl)c(Br)cc2Cl)c1. The second-order valence-corrected chi connectivity index (χ2v) is 6.35. The van der Waals surface area contributed by atoms with Crippen LogP contribution in [0.1, 0.15) is 18.1 Å². The Kier molecular flexibility index (Phi) is 5.94. The lowest BCUT2D eigenvalue weighted by Gasteiger charge is -2.13. The van der Waals surface area contributed by atoms with Crippen molar-refractivity contribution in [1.29, 1.82) is 0 Å². The van der Waals surface area contributed by atoms with E-state index in [4.69, 9.17) is 27.9 Å². The van der Waals surface area contributed by atoms with E-state index in [0.717, 1.165) is 34.4 Å². The highest BCUT2D eigenvalue weighted by Gasteiger charge is 2.10. The van der Waals surface area contributed by atoms with Gasteiger partial charge in [-0.25, -0.2) is 0 Å². The summed E-state index contributed by atoms with van der Waals surface area (Å²) >= 11 is 15.6. The van der Waals surface area contributed by atoms with Gasteiger partial charge in [-0.15, -0.1) is 0 Å². The highest BCUT2D eigenvalue weighted by atomic mass is 79.9. The molecule has 0 saturated heterocycles. The number of nitrogens with one attached hydrogen (secondary N) is 1. The van der Waals surface area contributed by atoms with Gasteiger partial charge in [-0.3, -0.25) is 0 Å². The van der Waals surface area contributed by atoms with Crippen LogP contribution in [0.2, 0.25) is 10.0 Å². The Hall–Kier alpha value is -0.740. The molecule has 0 amide bonds. The molecule has 5 heteroatoms. The summed E-state index contributed by atoms with van der Waals surface area (Å²) in [6, 6.07) is 9.59. The molecule has 0 atom stereocenters. The standard InChI is InChI=1S/C16H16BrCl2NO/c1-3-20-9-11-5-4-10(2)15(6-11)21-16-8-13(18)12(17)7-14(16)19/h4-8,20H,3,9H2,1-2H3. The summed E-state index contributed by atoms with van der Waals surface area (Å²) in [6.45, 7) is 5.82. The molecule has 2 nitrogen and oxygen atoms in total. The predicted molar refractivity (Wildman–Crippen MR) is 92.8 cm³/mol. The minimum absolute atomic E-state index is 0.516. The van der Waals surface area contributed by atoms with Gasteiger partial charge in [0.1, 0.15) is 11.5 Å². The third kappa shape index (κ3) is 4.36. The maximum Gasteiger partial charge on any atom is 0.147 e. The Balaban J connectivity index is 2.28. The van der Waals surface area contributed by atoms with Gasteiger partial charge in [-0.05, 0) is 52.7 Å². The van der Waals surface area contributed by atoms with Crippen molar-refractivity contribution in [1.82, 2.24) is 5.32 Å². The molecule has 0 bridgehead atoms. The van der Waals surface area contributed by atoms with Gasteiger partial charge >= 0.3 is 0 Å². The second kappa shape index (κ2) is 7.50. The highest BCUT2D eigenvalue weighted by Crippen LogP contribution is 2.37. The molecular formula is C16H16BrCl2NO. The Morgan fingerprint density at radius 2 is 1.86 bits per heavy atom. The van der Waals surface area contributed by atoms with E-state index in [0.29, 0.717) is 15.8 Å². The zero-order chi connectivity index (χ0) is 15.4. The highest BCUT2D eigenvalue weighted by molar-refractivity contribution is 9.10. The second-order valence-electron chi connectivity index (χ2n) is 4.68. The van der Waals surface area contributed by atoms with Gasteiger partial charge in [0.05, 0.1) is 10.0 Å². The molecule has 0 aliphatic rings. The van der Waals surface area contributed by atoms with E-state index in [1.807, 2.05) is 19.1 Å². The number of hydrogen-bond acceptors (Lipinski definition) is 2. The average Bonchev–Trinajstić information content (AvgIpc) is 2.45. The number of rotatable bonds is 5. The lowest BCUT2D eigenvalue weighted by atomic mass is 10.1. The minimum Gasteiger partial charge on any atom is -0.455 e. The van der Waals surface area contributed by atoms with Gasteiger partial charge in [-0.1, -0.05) is 42.3 Å². The van der Waals surface area contributed by atoms with Crippen molar-refractivity contribution in [3.05, 3.63) is 56.0 Å². The van der Waals surface area contributed by atoms with Crippen molar-refractivity contribution in [2.75, 3.05) is 6.54 Å². The number of benzene rings is 2. The van der Waals surface area contributed by atoms with Crippen molar-refractivity contribution in [2.45, 2.75) is 20.4 Å². The molecule has 0 saturated carbocycles. The van der Waals surface area contributed by atoms with E-state index in [2.05, 4.69) is 34.2 Å². The zero-order valence-corrected chi connectivity index (χ0v) is 14.9. The lowest BCUT2D eigenvalue weighted by Crippen LogP contribution is -2.11. The maximum atomic E-state index is 6.20. The van der Waals surface area contributed by atoms with Gasteiger partial charge in [0.15, 0.2) is 0 Å². The number of ether oxygens (including phenoxy) is 1. The van der Waals surface area contributed by atoms with Crippen LogP contribution in [-0.4, -0.2) is 6.54 Å². The van der Waals surface area contributed by atoms with Gasteiger partial charge in [-0.2, -0.15) is 0 Å². The van der Waals surface area contributed by atoms with Crippen LogP contribution in [0.3, 0.4) is 0 Å². The zero-order valence-electron chi connectivity index (χ0n) is 11.8. The minimum atomic E-state index is 0.516. The smallest absolute Gasteiger partial charge is 0.147 e. The third-order valence-corrected chi connectivity index (χ3v) is 4.52. The van der Waals surface area contributed by atoms with Gasteiger partial charge < -0.3 is 10.1 Å². The van der Waals surface area contributed by atoms with E-state index in [9.17, 15) is 0 Å². The summed E-state index contributed by atoms with van der Waals surface area (Å²) in [4.78, 5) is 0. The first-order chi connectivity index (χ1) is 10.0. The molecule has 2 aromatic carbocycles. The molecule has 112 valence electrons. The Labute approximate surface area is 143 Å². The normalized spacial score (nSPS) is 10.7. The van der Waals surface area contributed by atoms with Crippen LogP contribution in [0.25, 0.3) is 0 Å². The molecule has 0 spiro atoms. The van der Waals surface area contributed by atoms with Crippen LogP contribution in [0.5, 0.6) is 11.5 Å². The largest absolute Gasteiger partial charge is 0.455 e. The summed E-state index contributed by atoms with van der Waals surface area (Å²) in [5, 5.41) is 4.38. The molecule has 0 fully saturated rings. The third-order valence-electron chi connectivity index (χ3n) is 3.03. The van der Waals surface area contributed by atoms with Crippen molar-refractivity contribution < 1.29 is 4.74 Å². The van der Waals surface area contributed by atoms with Crippen LogP contribution in [0.15, 0.2) is 34.8 Å². The maximum absolute atomic E-state index is 6.20. The van der Waals surface area contributed by atoms with E-state index in [1.165, 1.54) is 0 Å². The predicted octanol–water partition coefficient (Wildman–Crippen LogP) is 5.97. The van der Waals surface area contributed by atoms with Crippen LogP contribution in [0.4, 0.5) is 0 Å². The Morgan fingerprint density at radius 1 is 1.10 bits per heavy atom. The molecular weight excluding hydrogens is 373 g/mol. The van der Waals surface area contributed by atoms with E-state index in [1.54, 1.807) is 12.1 Å². The van der Waals surface area contributed by atoms with Gasteiger partial charge in [0, 0.05) is 17.1 Å². The van der Waals surface area contributed by atoms with Crippen molar-refractivity contribution in [2.24, 2.45) is 0 Å². The molecule has 1 N–H and O–H groups in total. The van der Waals surface area contributed by atoms with Crippen LogP contribution >= 0.6 is 39.1 Å². The number of hydrogen-bond donors (Lipinski definition) is 1. The molecule has 21 heavy (non-hydrogen) atoms. The molecule has 0 aliphatic carbocycles. The summed E-state index contributed by atoms with van der Waals surface area (Å²) in [6.07, 6.45) is 0. The van der Waals surface area contributed by atoms with Crippen molar-refractivity contribution >= 4 is 39.1 Å². The topological polar surface area (TPSA) is 21.3 Å². The molecule has 2 rings (SSSR count). The summed E-state index contributed by atoms with van der Waals surface area (Å²) in [5.74, 6) is 1.33. The molecule has 2 aromatic rings. The Morgan fingerprint density at radius 3 is 2.57 bits per heavy atom. The quantitative estimate of drug-likeness (QED) is 0.637. The lowest BCUT2D eigenvalue weighted by molar-refractivity contribution is 0.478. The first-order valence-electron chi connectivity index (χ1n) is 6.64. The van der Waals surface area contributed by atoms with Gasteiger partial charge in [0.2, 0.25) is 0 Å². The fraction of sp³-hybridized carbons (Fsp3) is 0.250. The first kappa shape index (κ1) is 16.6.